The molecule has 0 spiro atoms. The van der Waals surface area contributed by atoms with Crippen LogP contribution in [0.25, 0.3) is 0 Å². The predicted octanol–water partition coefficient (Wildman–Crippen LogP) is 7.04. The molecule has 3 rings (SSSR count). The Morgan fingerprint density at radius 3 is 1.73 bits per heavy atom. The smallest absolute Gasteiger partial charge is 0.187 e. The molecule has 242 valence electrons. The SMILES string of the molecule is CCCCCCCCCCCCCCCCCCOC(CO)CO[C@@H]1O[C@H]([C@H]2COC(C)(C)O2)[C@@H]2OC(C)(C)O[C@H]12. The minimum Gasteiger partial charge on any atom is -0.394 e. The molecule has 0 saturated carbocycles. The van der Waals surface area contributed by atoms with Crippen LogP contribution in [0.4, 0.5) is 0 Å². The van der Waals surface area contributed by atoms with Gasteiger partial charge in [-0.1, -0.05) is 103 Å². The van der Waals surface area contributed by atoms with Crippen LogP contribution < -0.4 is 0 Å². The van der Waals surface area contributed by atoms with E-state index in [2.05, 4.69) is 6.92 Å². The molecular formula is C33H62O8. The molecule has 0 aromatic carbocycles. The van der Waals surface area contributed by atoms with Crippen molar-refractivity contribution in [1.82, 2.24) is 0 Å². The molecule has 6 atom stereocenters. The largest absolute Gasteiger partial charge is 0.394 e. The standard InChI is InChI=1S/C33H62O8/c1-6-7-8-9-10-11-12-13-14-15-16-17-18-19-20-21-22-35-26(23-34)24-36-31-30-29(40-33(4,5)41-30)28(38-31)27-25-37-32(2,3)39-27/h26-31,34H,6-25H2,1-5H3/t26?,27-,28-,29+,30+,31-/m1/s1. The Morgan fingerprint density at radius 1 is 0.683 bits per heavy atom. The minimum atomic E-state index is -0.728. The fourth-order valence-corrected chi connectivity index (χ4v) is 6.16. The fraction of sp³-hybridized carbons (Fsp3) is 1.00. The summed E-state index contributed by atoms with van der Waals surface area (Å²) in [6.45, 7) is 11.1. The Bertz CT molecular complexity index is 686. The van der Waals surface area contributed by atoms with Gasteiger partial charge < -0.3 is 38.3 Å². The first-order chi connectivity index (χ1) is 19.7. The van der Waals surface area contributed by atoms with E-state index in [1.165, 1.54) is 89.9 Å². The second kappa shape index (κ2) is 18.5. The number of unbranched alkanes of at least 4 members (excludes halogenated alkanes) is 15. The van der Waals surface area contributed by atoms with Gasteiger partial charge in [0.05, 0.1) is 19.8 Å². The van der Waals surface area contributed by atoms with Crippen molar-refractivity contribution in [2.24, 2.45) is 0 Å². The van der Waals surface area contributed by atoms with Gasteiger partial charge >= 0.3 is 0 Å². The maximum absolute atomic E-state index is 9.85. The Balaban J connectivity index is 1.20. The van der Waals surface area contributed by atoms with E-state index in [9.17, 15) is 5.11 Å². The van der Waals surface area contributed by atoms with Gasteiger partial charge in [-0.25, -0.2) is 0 Å². The molecule has 1 unspecified atom stereocenters. The molecule has 0 aliphatic carbocycles. The van der Waals surface area contributed by atoms with Crippen LogP contribution in [0.1, 0.15) is 137 Å². The van der Waals surface area contributed by atoms with Crippen LogP contribution in [0, 0.1) is 0 Å². The molecule has 0 amide bonds. The Kier molecular flexibility index (Phi) is 15.8. The molecule has 3 heterocycles. The molecular weight excluding hydrogens is 524 g/mol. The maximum Gasteiger partial charge on any atom is 0.187 e. The number of rotatable bonds is 23. The molecule has 0 aromatic heterocycles. The van der Waals surface area contributed by atoms with Crippen molar-refractivity contribution in [3.05, 3.63) is 0 Å². The lowest BCUT2D eigenvalue weighted by Gasteiger charge is -2.27. The third kappa shape index (κ3) is 12.7. The highest BCUT2D eigenvalue weighted by Crippen LogP contribution is 2.42. The summed E-state index contributed by atoms with van der Waals surface area (Å²) in [6, 6.07) is 0. The van der Waals surface area contributed by atoms with Gasteiger partial charge in [0.2, 0.25) is 0 Å². The molecule has 8 heteroatoms. The Labute approximate surface area is 250 Å². The van der Waals surface area contributed by atoms with E-state index in [1.807, 2.05) is 27.7 Å². The van der Waals surface area contributed by atoms with Crippen molar-refractivity contribution in [3.63, 3.8) is 0 Å². The average molecular weight is 587 g/mol. The fourth-order valence-electron chi connectivity index (χ4n) is 6.16. The molecule has 0 bridgehead atoms. The Morgan fingerprint density at radius 2 is 1.22 bits per heavy atom. The van der Waals surface area contributed by atoms with Crippen molar-refractivity contribution < 1.29 is 38.3 Å². The summed E-state index contributed by atoms with van der Waals surface area (Å²) in [7, 11) is 0. The summed E-state index contributed by atoms with van der Waals surface area (Å²) in [4.78, 5) is 0. The van der Waals surface area contributed by atoms with Gasteiger partial charge in [0.1, 0.15) is 30.5 Å². The highest BCUT2D eigenvalue weighted by molar-refractivity contribution is 4.99. The number of fused-ring (bicyclic) bond motifs is 1. The van der Waals surface area contributed by atoms with Crippen LogP contribution in [-0.2, 0) is 33.2 Å². The zero-order valence-corrected chi connectivity index (χ0v) is 26.9. The van der Waals surface area contributed by atoms with E-state index >= 15 is 0 Å². The summed E-state index contributed by atoms with van der Waals surface area (Å²) in [6.07, 6.45) is 19.2. The highest BCUT2D eigenvalue weighted by Gasteiger charge is 2.59. The number of ether oxygens (including phenoxy) is 7. The van der Waals surface area contributed by atoms with Crippen LogP contribution >= 0.6 is 0 Å². The van der Waals surface area contributed by atoms with E-state index in [1.54, 1.807) is 0 Å². The van der Waals surface area contributed by atoms with Crippen molar-refractivity contribution in [2.75, 3.05) is 26.4 Å². The van der Waals surface area contributed by atoms with Crippen molar-refractivity contribution >= 4 is 0 Å². The average Bonchev–Trinajstić information content (AvgIpc) is 3.56. The molecule has 0 radical (unpaired) electrons. The lowest BCUT2D eigenvalue weighted by atomic mass is 10.0. The molecule has 3 saturated heterocycles. The van der Waals surface area contributed by atoms with Crippen molar-refractivity contribution in [1.29, 1.82) is 0 Å². The van der Waals surface area contributed by atoms with Gasteiger partial charge in [-0.15, -0.1) is 0 Å². The summed E-state index contributed by atoms with van der Waals surface area (Å²) >= 11 is 0. The van der Waals surface area contributed by atoms with Crippen LogP contribution in [0.3, 0.4) is 0 Å². The number of aliphatic hydroxyl groups excluding tert-OH is 1. The summed E-state index contributed by atoms with van der Waals surface area (Å²) in [5, 5.41) is 9.85. The van der Waals surface area contributed by atoms with Crippen molar-refractivity contribution in [2.45, 2.75) is 186 Å². The van der Waals surface area contributed by atoms with E-state index < -0.39 is 24.0 Å². The minimum absolute atomic E-state index is 0.0975. The van der Waals surface area contributed by atoms with Crippen LogP contribution in [0.15, 0.2) is 0 Å². The first-order valence-corrected chi connectivity index (χ1v) is 16.9. The van der Waals surface area contributed by atoms with E-state index in [0.29, 0.717) is 13.2 Å². The highest BCUT2D eigenvalue weighted by atomic mass is 16.8. The van der Waals surface area contributed by atoms with E-state index in [4.69, 9.17) is 33.2 Å². The lowest BCUT2D eigenvalue weighted by Crippen LogP contribution is -2.40. The molecule has 3 fully saturated rings. The van der Waals surface area contributed by atoms with E-state index in [0.717, 1.165) is 12.8 Å². The summed E-state index contributed by atoms with van der Waals surface area (Å²) < 4.78 is 42.3. The van der Waals surface area contributed by atoms with Crippen LogP contribution in [-0.4, -0.2) is 79.9 Å². The molecule has 41 heavy (non-hydrogen) atoms. The summed E-state index contributed by atoms with van der Waals surface area (Å²) in [5.74, 6) is -1.38. The third-order valence-electron chi connectivity index (χ3n) is 8.45. The second-order valence-corrected chi connectivity index (χ2v) is 13.2. The monoisotopic (exact) mass is 586 g/mol. The third-order valence-corrected chi connectivity index (χ3v) is 8.45. The zero-order chi connectivity index (χ0) is 29.6. The molecule has 3 aliphatic rings. The molecule has 1 N–H and O–H groups in total. The second-order valence-electron chi connectivity index (χ2n) is 13.2. The number of hydrogen-bond acceptors (Lipinski definition) is 8. The van der Waals surface area contributed by atoms with Gasteiger partial charge in [0.25, 0.3) is 0 Å². The van der Waals surface area contributed by atoms with Crippen molar-refractivity contribution in [3.8, 4) is 0 Å². The normalized spacial score (nSPS) is 29.3. The van der Waals surface area contributed by atoms with Crippen LogP contribution in [0.2, 0.25) is 0 Å². The van der Waals surface area contributed by atoms with E-state index in [-0.39, 0.29) is 37.6 Å². The first kappa shape index (κ1) is 35.2. The Hall–Kier alpha value is -0.320. The quantitative estimate of drug-likeness (QED) is 0.128. The van der Waals surface area contributed by atoms with Gasteiger partial charge in [-0.05, 0) is 34.1 Å². The van der Waals surface area contributed by atoms with Gasteiger partial charge in [-0.3, -0.25) is 0 Å². The topological polar surface area (TPSA) is 84.8 Å². The summed E-state index contributed by atoms with van der Waals surface area (Å²) in [5.41, 5.74) is 0. The number of hydrogen-bond donors (Lipinski definition) is 1. The first-order valence-electron chi connectivity index (χ1n) is 16.9. The van der Waals surface area contributed by atoms with Gasteiger partial charge in [-0.2, -0.15) is 0 Å². The zero-order valence-electron chi connectivity index (χ0n) is 26.9. The molecule has 8 nitrogen and oxygen atoms in total. The predicted molar refractivity (Wildman–Crippen MR) is 160 cm³/mol. The lowest BCUT2D eigenvalue weighted by molar-refractivity contribution is -0.252. The maximum atomic E-state index is 9.85. The number of aliphatic hydroxyl groups is 1. The van der Waals surface area contributed by atoms with Crippen LogP contribution in [0.5, 0.6) is 0 Å². The van der Waals surface area contributed by atoms with Gasteiger partial charge in [0.15, 0.2) is 17.9 Å². The molecule has 0 aromatic rings. The molecule has 3 aliphatic heterocycles. The van der Waals surface area contributed by atoms with Gasteiger partial charge in [0, 0.05) is 6.61 Å².